The minimum atomic E-state index is -0.152. The third-order valence-electron chi connectivity index (χ3n) is 5.32. The number of carbonyl (C=O) groups is 1. The normalized spacial score (nSPS) is 15.9. The molecule has 168 valence electrons. The average molecular weight is 455 g/mol. The molecule has 1 atom stereocenters. The van der Waals surface area contributed by atoms with Gasteiger partial charge in [-0.2, -0.15) is 0 Å². The minimum absolute atomic E-state index is 0.00924. The van der Waals surface area contributed by atoms with Gasteiger partial charge in [0.25, 0.3) is 5.91 Å². The molecule has 0 saturated carbocycles. The van der Waals surface area contributed by atoms with E-state index in [4.69, 9.17) is 23.9 Å². The summed E-state index contributed by atoms with van der Waals surface area (Å²) >= 11 is 1.48. The van der Waals surface area contributed by atoms with Crippen molar-refractivity contribution < 1.29 is 23.7 Å². The molecule has 32 heavy (non-hydrogen) atoms. The van der Waals surface area contributed by atoms with Crippen molar-refractivity contribution in [3.8, 4) is 17.2 Å². The molecule has 0 bridgehead atoms. The van der Waals surface area contributed by atoms with Gasteiger partial charge in [0.1, 0.15) is 5.75 Å². The molecule has 0 N–H and O–H groups in total. The first-order chi connectivity index (χ1) is 15.6. The van der Waals surface area contributed by atoms with Crippen LogP contribution in [0.25, 0.3) is 16.3 Å². The number of hydrogen-bond acceptors (Lipinski definition) is 7. The number of fused-ring (bicyclic) bond motifs is 1. The van der Waals surface area contributed by atoms with Gasteiger partial charge in [0.2, 0.25) is 0 Å². The second kappa shape index (κ2) is 10.0. The molecule has 0 spiro atoms. The van der Waals surface area contributed by atoms with Crippen LogP contribution in [0.1, 0.15) is 18.4 Å². The van der Waals surface area contributed by atoms with Crippen molar-refractivity contribution in [1.82, 2.24) is 4.98 Å². The molecule has 8 heteroatoms. The zero-order chi connectivity index (χ0) is 22.5. The molecule has 1 aromatic heterocycles. The van der Waals surface area contributed by atoms with E-state index in [2.05, 4.69) is 0 Å². The summed E-state index contributed by atoms with van der Waals surface area (Å²) in [6.07, 6.45) is 5.27. The van der Waals surface area contributed by atoms with E-state index in [0.717, 1.165) is 41.0 Å². The maximum atomic E-state index is 13.3. The molecule has 1 amide bonds. The lowest BCUT2D eigenvalue weighted by atomic mass is 10.2. The van der Waals surface area contributed by atoms with Crippen LogP contribution < -0.4 is 19.1 Å². The van der Waals surface area contributed by atoms with E-state index in [-0.39, 0.29) is 12.0 Å². The fourth-order valence-electron chi connectivity index (χ4n) is 3.61. The fraction of sp³-hybridized carbons (Fsp3) is 0.333. The Bertz CT molecular complexity index is 1120. The Morgan fingerprint density at radius 3 is 2.72 bits per heavy atom. The molecule has 1 aliphatic rings. The molecule has 1 aliphatic heterocycles. The number of benzene rings is 2. The first-order valence-electron chi connectivity index (χ1n) is 10.4. The van der Waals surface area contributed by atoms with E-state index in [1.54, 1.807) is 38.4 Å². The van der Waals surface area contributed by atoms with E-state index in [9.17, 15) is 4.79 Å². The molecule has 1 unspecified atom stereocenters. The number of rotatable bonds is 8. The summed E-state index contributed by atoms with van der Waals surface area (Å²) < 4.78 is 22.7. The van der Waals surface area contributed by atoms with Gasteiger partial charge in [0, 0.05) is 18.7 Å². The van der Waals surface area contributed by atoms with Crippen molar-refractivity contribution in [3.63, 3.8) is 0 Å². The Labute approximate surface area is 191 Å². The summed E-state index contributed by atoms with van der Waals surface area (Å²) in [6.45, 7) is 1.19. The molecule has 0 aliphatic carbocycles. The van der Waals surface area contributed by atoms with Crippen LogP contribution in [0.2, 0.25) is 0 Å². The summed E-state index contributed by atoms with van der Waals surface area (Å²) in [5, 5.41) is 0.644. The summed E-state index contributed by atoms with van der Waals surface area (Å²) in [5.41, 5.74) is 1.64. The van der Waals surface area contributed by atoms with Crippen molar-refractivity contribution >= 4 is 38.7 Å². The maximum Gasteiger partial charge on any atom is 0.252 e. The number of amides is 1. The van der Waals surface area contributed by atoms with Gasteiger partial charge in [-0.1, -0.05) is 17.4 Å². The van der Waals surface area contributed by atoms with Gasteiger partial charge in [0.15, 0.2) is 16.6 Å². The molecule has 2 aromatic carbocycles. The number of methoxy groups -OCH3 is 3. The molecule has 2 heterocycles. The lowest BCUT2D eigenvalue weighted by Gasteiger charge is -2.21. The van der Waals surface area contributed by atoms with Crippen molar-refractivity contribution in [3.05, 3.63) is 48.0 Å². The highest BCUT2D eigenvalue weighted by Gasteiger charge is 2.25. The van der Waals surface area contributed by atoms with Crippen LogP contribution in [-0.4, -0.2) is 51.5 Å². The third kappa shape index (κ3) is 4.87. The average Bonchev–Trinajstić information content (AvgIpc) is 3.49. The third-order valence-corrected chi connectivity index (χ3v) is 6.38. The monoisotopic (exact) mass is 454 g/mol. The van der Waals surface area contributed by atoms with Crippen molar-refractivity contribution in [1.29, 1.82) is 0 Å². The predicted molar refractivity (Wildman–Crippen MR) is 126 cm³/mol. The standard InChI is InChI=1S/C24H26N2O5S/c1-28-17-8-10-22-19(14-17)25-24(32-22)26(15-18-5-4-12-31-18)23(27)11-7-16-6-9-20(29-2)21(13-16)30-3/h6-11,13-14,18H,4-5,12,15H2,1-3H3/b11-7+. The van der Waals surface area contributed by atoms with Gasteiger partial charge in [-0.25, -0.2) is 4.98 Å². The van der Waals surface area contributed by atoms with E-state index in [0.29, 0.717) is 23.2 Å². The van der Waals surface area contributed by atoms with Crippen molar-refractivity contribution in [2.24, 2.45) is 0 Å². The number of anilines is 1. The second-order valence-corrected chi connectivity index (χ2v) is 8.37. The first kappa shape index (κ1) is 22.1. The SMILES string of the molecule is COc1ccc2sc(N(CC3CCCO3)C(=O)/C=C/c3ccc(OC)c(OC)c3)nc2c1. The summed E-state index contributed by atoms with van der Waals surface area (Å²) in [5.74, 6) is 1.83. The Hall–Kier alpha value is -3.10. The van der Waals surface area contributed by atoms with Gasteiger partial charge in [-0.05, 0) is 48.7 Å². The number of hydrogen-bond donors (Lipinski definition) is 0. The molecular weight excluding hydrogens is 428 g/mol. The molecule has 1 saturated heterocycles. The lowest BCUT2D eigenvalue weighted by Crippen LogP contribution is -2.36. The van der Waals surface area contributed by atoms with Crippen LogP contribution in [0.15, 0.2) is 42.5 Å². The number of thiazole rings is 1. The van der Waals surface area contributed by atoms with E-state index < -0.39 is 0 Å². The first-order valence-corrected chi connectivity index (χ1v) is 11.2. The Morgan fingerprint density at radius 1 is 1.16 bits per heavy atom. The lowest BCUT2D eigenvalue weighted by molar-refractivity contribution is -0.114. The zero-order valence-electron chi connectivity index (χ0n) is 18.4. The van der Waals surface area contributed by atoms with Crippen LogP contribution in [0.4, 0.5) is 5.13 Å². The molecule has 4 rings (SSSR count). The van der Waals surface area contributed by atoms with Crippen LogP contribution in [0.3, 0.4) is 0 Å². The van der Waals surface area contributed by atoms with E-state index in [1.807, 2.05) is 36.4 Å². The number of ether oxygens (including phenoxy) is 4. The van der Waals surface area contributed by atoms with E-state index in [1.165, 1.54) is 11.3 Å². The smallest absolute Gasteiger partial charge is 0.252 e. The van der Waals surface area contributed by atoms with E-state index >= 15 is 0 Å². The van der Waals surface area contributed by atoms with Crippen LogP contribution >= 0.6 is 11.3 Å². The van der Waals surface area contributed by atoms with Crippen LogP contribution in [-0.2, 0) is 9.53 Å². The Kier molecular flexibility index (Phi) is 6.92. The van der Waals surface area contributed by atoms with Gasteiger partial charge in [-0.15, -0.1) is 0 Å². The molecule has 1 fully saturated rings. The quantitative estimate of drug-likeness (QED) is 0.465. The fourth-order valence-corrected chi connectivity index (χ4v) is 4.57. The van der Waals surface area contributed by atoms with Crippen LogP contribution in [0.5, 0.6) is 17.2 Å². The minimum Gasteiger partial charge on any atom is -0.497 e. The van der Waals surface area contributed by atoms with Crippen molar-refractivity contribution in [2.75, 3.05) is 39.4 Å². The second-order valence-electron chi connectivity index (χ2n) is 7.36. The van der Waals surface area contributed by atoms with Gasteiger partial charge >= 0.3 is 0 Å². The largest absolute Gasteiger partial charge is 0.497 e. The van der Waals surface area contributed by atoms with Crippen LogP contribution in [0, 0.1) is 0 Å². The van der Waals surface area contributed by atoms with Gasteiger partial charge in [0.05, 0.1) is 44.2 Å². The summed E-state index contributed by atoms with van der Waals surface area (Å²) in [4.78, 5) is 19.7. The summed E-state index contributed by atoms with van der Waals surface area (Å²) in [7, 11) is 4.80. The molecule has 7 nitrogen and oxygen atoms in total. The highest BCUT2D eigenvalue weighted by molar-refractivity contribution is 7.22. The predicted octanol–water partition coefficient (Wildman–Crippen LogP) is 4.55. The molecule has 3 aromatic rings. The highest BCUT2D eigenvalue weighted by Crippen LogP contribution is 2.32. The summed E-state index contributed by atoms with van der Waals surface area (Å²) in [6, 6.07) is 11.3. The number of nitrogens with zero attached hydrogens (tertiary/aromatic N) is 2. The zero-order valence-corrected chi connectivity index (χ0v) is 19.2. The Balaban J connectivity index is 1.61. The molecule has 0 radical (unpaired) electrons. The Morgan fingerprint density at radius 2 is 2.00 bits per heavy atom. The van der Waals surface area contributed by atoms with Crippen molar-refractivity contribution in [2.45, 2.75) is 18.9 Å². The van der Waals surface area contributed by atoms with Gasteiger partial charge in [-0.3, -0.25) is 9.69 Å². The van der Waals surface area contributed by atoms with Gasteiger partial charge < -0.3 is 18.9 Å². The number of aromatic nitrogens is 1. The number of carbonyl (C=O) groups excluding carboxylic acids is 1. The topological polar surface area (TPSA) is 70.1 Å². The maximum absolute atomic E-state index is 13.3. The highest BCUT2D eigenvalue weighted by atomic mass is 32.1. The molecular formula is C24H26N2O5S.